The predicted molar refractivity (Wildman–Crippen MR) is 35.9 cm³/mol. The van der Waals surface area contributed by atoms with Gasteiger partial charge in [-0.05, 0) is 33.4 Å². The lowest BCUT2D eigenvalue weighted by atomic mass is 9.77. The van der Waals surface area contributed by atoms with Gasteiger partial charge in [0.1, 0.15) is 5.54 Å². The van der Waals surface area contributed by atoms with Crippen LogP contribution in [-0.4, -0.2) is 24.5 Å². The molecule has 1 aliphatic rings. The van der Waals surface area contributed by atoms with Crippen molar-refractivity contribution < 1.29 is 0 Å². The Balaban J connectivity index is 2.60. The minimum absolute atomic E-state index is 0.0972. The molecule has 1 rings (SSSR count). The zero-order valence-electron chi connectivity index (χ0n) is 6.02. The third kappa shape index (κ3) is 0.818. The maximum atomic E-state index is 8.72. The average molecular weight is 124 g/mol. The normalized spacial score (nSPS) is 22.9. The molecule has 0 unspecified atom stereocenters. The molecule has 0 atom stereocenters. The largest absolute Gasteiger partial charge is 0.292 e. The first-order chi connectivity index (χ1) is 4.21. The van der Waals surface area contributed by atoms with Crippen molar-refractivity contribution in [2.75, 3.05) is 14.1 Å². The highest BCUT2D eigenvalue weighted by atomic mass is 15.2. The van der Waals surface area contributed by atoms with Gasteiger partial charge in [-0.2, -0.15) is 5.26 Å². The zero-order chi connectivity index (χ0) is 6.91. The second kappa shape index (κ2) is 2.00. The van der Waals surface area contributed by atoms with E-state index in [0.29, 0.717) is 0 Å². The molecular weight excluding hydrogens is 112 g/mol. The van der Waals surface area contributed by atoms with Crippen LogP contribution in [0.4, 0.5) is 0 Å². The molecule has 0 bridgehead atoms. The van der Waals surface area contributed by atoms with Crippen LogP contribution in [0.3, 0.4) is 0 Å². The summed E-state index contributed by atoms with van der Waals surface area (Å²) >= 11 is 0. The summed E-state index contributed by atoms with van der Waals surface area (Å²) in [5, 5.41) is 8.72. The first-order valence-electron chi connectivity index (χ1n) is 3.30. The minimum atomic E-state index is -0.0972. The molecule has 0 aromatic rings. The zero-order valence-corrected chi connectivity index (χ0v) is 6.02. The van der Waals surface area contributed by atoms with Gasteiger partial charge in [0.05, 0.1) is 6.07 Å². The summed E-state index contributed by atoms with van der Waals surface area (Å²) in [5.41, 5.74) is -0.0972. The van der Waals surface area contributed by atoms with E-state index < -0.39 is 0 Å². The molecule has 0 spiro atoms. The summed E-state index contributed by atoms with van der Waals surface area (Å²) < 4.78 is 0. The molecule has 0 aromatic carbocycles. The van der Waals surface area contributed by atoms with Crippen LogP contribution in [0.15, 0.2) is 0 Å². The van der Waals surface area contributed by atoms with Crippen molar-refractivity contribution in [1.82, 2.24) is 4.90 Å². The number of hydrogen-bond acceptors (Lipinski definition) is 2. The van der Waals surface area contributed by atoms with Crippen LogP contribution in [-0.2, 0) is 0 Å². The average Bonchev–Trinajstić information content (AvgIpc) is 1.62. The molecular formula is C7H12N2. The fourth-order valence-corrected chi connectivity index (χ4v) is 1.17. The molecule has 0 aromatic heterocycles. The van der Waals surface area contributed by atoms with Crippen LogP contribution >= 0.6 is 0 Å². The summed E-state index contributed by atoms with van der Waals surface area (Å²) in [6, 6.07) is 2.34. The van der Waals surface area contributed by atoms with Gasteiger partial charge in [-0.1, -0.05) is 0 Å². The Morgan fingerprint density at radius 3 is 2.00 bits per heavy atom. The van der Waals surface area contributed by atoms with E-state index >= 15 is 0 Å². The van der Waals surface area contributed by atoms with Gasteiger partial charge in [0, 0.05) is 0 Å². The fraction of sp³-hybridized carbons (Fsp3) is 0.857. The summed E-state index contributed by atoms with van der Waals surface area (Å²) in [5.74, 6) is 0. The Kier molecular flexibility index (Phi) is 1.46. The third-order valence-corrected chi connectivity index (χ3v) is 2.24. The number of nitrogens with zero attached hydrogens (tertiary/aromatic N) is 2. The topological polar surface area (TPSA) is 27.0 Å². The molecule has 1 aliphatic carbocycles. The molecule has 0 N–H and O–H groups in total. The molecule has 1 saturated carbocycles. The fourth-order valence-electron chi connectivity index (χ4n) is 1.17. The van der Waals surface area contributed by atoms with E-state index in [-0.39, 0.29) is 5.54 Å². The van der Waals surface area contributed by atoms with E-state index in [4.69, 9.17) is 5.26 Å². The quantitative estimate of drug-likeness (QED) is 0.521. The molecule has 0 saturated heterocycles. The van der Waals surface area contributed by atoms with Crippen molar-refractivity contribution in [3.8, 4) is 6.07 Å². The summed E-state index contributed by atoms with van der Waals surface area (Å²) in [7, 11) is 3.95. The van der Waals surface area contributed by atoms with Crippen molar-refractivity contribution in [2.24, 2.45) is 0 Å². The molecule has 9 heavy (non-hydrogen) atoms. The molecule has 1 fully saturated rings. The first kappa shape index (κ1) is 6.57. The highest BCUT2D eigenvalue weighted by molar-refractivity contribution is 5.12. The molecule has 0 aliphatic heterocycles. The molecule has 2 nitrogen and oxygen atoms in total. The number of nitriles is 1. The second-order valence-corrected chi connectivity index (χ2v) is 2.89. The molecule has 50 valence electrons. The summed E-state index contributed by atoms with van der Waals surface area (Å²) in [6.45, 7) is 0. The molecule has 0 heterocycles. The van der Waals surface area contributed by atoms with E-state index in [1.807, 2.05) is 19.0 Å². The number of rotatable bonds is 1. The van der Waals surface area contributed by atoms with Crippen molar-refractivity contribution in [3.63, 3.8) is 0 Å². The summed E-state index contributed by atoms with van der Waals surface area (Å²) in [4.78, 5) is 2.02. The van der Waals surface area contributed by atoms with E-state index in [1.165, 1.54) is 6.42 Å². The van der Waals surface area contributed by atoms with Gasteiger partial charge in [0.25, 0.3) is 0 Å². The maximum absolute atomic E-state index is 8.72. The Morgan fingerprint density at radius 2 is 2.00 bits per heavy atom. The van der Waals surface area contributed by atoms with Gasteiger partial charge in [-0.15, -0.1) is 0 Å². The van der Waals surface area contributed by atoms with E-state index in [9.17, 15) is 0 Å². The van der Waals surface area contributed by atoms with E-state index in [1.54, 1.807) is 0 Å². The van der Waals surface area contributed by atoms with Crippen LogP contribution in [0.25, 0.3) is 0 Å². The van der Waals surface area contributed by atoms with Crippen LogP contribution in [0.1, 0.15) is 19.3 Å². The lowest BCUT2D eigenvalue weighted by Crippen LogP contribution is -2.48. The van der Waals surface area contributed by atoms with E-state index in [0.717, 1.165) is 12.8 Å². The lowest BCUT2D eigenvalue weighted by Gasteiger charge is -2.40. The maximum Gasteiger partial charge on any atom is 0.108 e. The predicted octanol–water partition coefficient (Wildman–Crippen LogP) is 0.994. The first-order valence-corrected chi connectivity index (χ1v) is 3.30. The van der Waals surface area contributed by atoms with Crippen molar-refractivity contribution >= 4 is 0 Å². The van der Waals surface area contributed by atoms with Gasteiger partial charge in [-0.3, -0.25) is 4.90 Å². The molecule has 2 heteroatoms. The molecule has 0 amide bonds. The van der Waals surface area contributed by atoms with Gasteiger partial charge >= 0.3 is 0 Å². The highest BCUT2D eigenvalue weighted by Crippen LogP contribution is 2.34. The Hall–Kier alpha value is -0.550. The van der Waals surface area contributed by atoms with Gasteiger partial charge < -0.3 is 0 Å². The number of hydrogen-bond donors (Lipinski definition) is 0. The molecule has 0 radical (unpaired) electrons. The highest BCUT2D eigenvalue weighted by Gasteiger charge is 2.38. The standard InChI is InChI=1S/C7H12N2/c1-9(2)7(6-8)4-3-5-7/h3-5H2,1-2H3. The summed E-state index contributed by atoms with van der Waals surface area (Å²) in [6.07, 6.45) is 3.32. The Bertz CT molecular complexity index is 139. The van der Waals surface area contributed by atoms with Crippen molar-refractivity contribution in [2.45, 2.75) is 24.8 Å². The van der Waals surface area contributed by atoms with Crippen molar-refractivity contribution in [1.29, 1.82) is 5.26 Å². The second-order valence-electron chi connectivity index (χ2n) is 2.89. The smallest absolute Gasteiger partial charge is 0.108 e. The van der Waals surface area contributed by atoms with Crippen molar-refractivity contribution in [3.05, 3.63) is 0 Å². The van der Waals surface area contributed by atoms with Gasteiger partial charge in [0.2, 0.25) is 0 Å². The van der Waals surface area contributed by atoms with Gasteiger partial charge in [0.15, 0.2) is 0 Å². The SMILES string of the molecule is CN(C)C1(C#N)CCC1. The lowest BCUT2D eigenvalue weighted by molar-refractivity contribution is 0.119. The third-order valence-electron chi connectivity index (χ3n) is 2.24. The van der Waals surface area contributed by atoms with Crippen LogP contribution < -0.4 is 0 Å². The van der Waals surface area contributed by atoms with Crippen LogP contribution in [0.5, 0.6) is 0 Å². The van der Waals surface area contributed by atoms with Gasteiger partial charge in [-0.25, -0.2) is 0 Å². The van der Waals surface area contributed by atoms with E-state index in [2.05, 4.69) is 6.07 Å². The monoisotopic (exact) mass is 124 g/mol. The van der Waals surface area contributed by atoms with Crippen LogP contribution in [0, 0.1) is 11.3 Å². The Morgan fingerprint density at radius 1 is 1.44 bits per heavy atom. The van der Waals surface area contributed by atoms with Crippen LogP contribution in [0.2, 0.25) is 0 Å². The minimum Gasteiger partial charge on any atom is -0.292 e. The Labute approximate surface area is 56.1 Å².